The van der Waals surface area contributed by atoms with Gasteiger partial charge in [0, 0.05) is 37.6 Å². The normalized spacial score (nSPS) is 15.7. The molecule has 0 aliphatic carbocycles. The molecule has 2 rings (SSSR count). The molecule has 19 heavy (non-hydrogen) atoms. The Bertz CT molecular complexity index is 418. The molecule has 0 aromatic carbocycles. The predicted octanol–water partition coefficient (Wildman–Crippen LogP) is 2.00. The Kier molecular flexibility index (Phi) is 4.63. The summed E-state index contributed by atoms with van der Waals surface area (Å²) in [4.78, 5) is 21.9. The smallest absolute Gasteiger partial charge is 0.317 e. The Labute approximate surface area is 118 Å². The zero-order chi connectivity index (χ0) is 13.8. The van der Waals surface area contributed by atoms with Crippen molar-refractivity contribution in [3.63, 3.8) is 0 Å². The van der Waals surface area contributed by atoms with Crippen LogP contribution in [-0.2, 0) is 0 Å². The first-order valence-corrected chi connectivity index (χ1v) is 7.65. The van der Waals surface area contributed by atoms with E-state index in [0.29, 0.717) is 0 Å². The molecule has 5 nitrogen and oxygen atoms in total. The minimum Gasteiger partial charge on any atom is -0.345 e. The second-order valence-electron chi connectivity index (χ2n) is 4.84. The molecule has 0 bridgehead atoms. The molecule has 106 valence electrons. The third-order valence-corrected chi connectivity index (χ3v) is 4.51. The highest BCUT2D eigenvalue weighted by Gasteiger charge is 2.22. The minimum absolute atomic E-state index is 0.0630. The van der Waals surface area contributed by atoms with Crippen molar-refractivity contribution in [3.8, 4) is 0 Å². The molecule has 1 aromatic heterocycles. The number of nitrogens with zero attached hydrogens (tertiary/aromatic N) is 3. The van der Waals surface area contributed by atoms with E-state index >= 15 is 0 Å². The number of carbonyl (C=O) groups excluding carboxylic acids is 1. The molecule has 1 saturated heterocycles. The van der Waals surface area contributed by atoms with Gasteiger partial charge >= 0.3 is 6.03 Å². The fourth-order valence-corrected chi connectivity index (χ4v) is 3.00. The van der Waals surface area contributed by atoms with Crippen molar-refractivity contribution >= 4 is 22.5 Å². The molecule has 1 N–H and O–H groups in total. The topological polar surface area (TPSA) is 48.5 Å². The summed E-state index contributed by atoms with van der Waals surface area (Å²) in [5, 5.41) is 4.01. The third kappa shape index (κ3) is 3.37. The quantitative estimate of drug-likeness (QED) is 0.922. The zero-order valence-corrected chi connectivity index (χ0v) is 12.7. The molecule has 1 aliphatic heterocycles. The molecule has 0 spiro atoms. The highest BCUT2D eigenvalue weighted by atomic mass is 32.1. The second kappa shape index (κ2) is 6.23. The summed E-state index contributed by atoms with van der Waals surface area (Å²) in [5.41, 5.74) is 1.11. The van der Waals surface area contributed by atoms with Crippen LogP contribution in [0.5, 0.6) is 0 Å². The standard InChI is InChI=1S/C13H22N4OS/c1-4-5-14-12(18)16-6-8-17(9-7-16)13-15-10(2)11(3)19-13/h4-9H2,1-3H3,(H,14,18). The van der Waals surface area contributed by atoms with E-state index in [1.54, 1.807) is 11.3 Å². The molecule has 0 saturated carbocycles. The van der Waals surface area contributed by atoms with Gasteiger partial charge in [0.15, 0.2) is 5.13 Å². The van der Waals surface area contributed by atoms with Gasteiger partial charge in [-0.1, -0.05) is 6.92 Å². The third-order valence-electron chi connectivity index (χ3n) is 3.38. The van der Waals surface area contributed by atoms with E-state index in [4.69, 9.17) is 0 Å². The van der Waals surface area contributed by atoms with Gasteiger partial charge in [0.25, 0.3) is 0 Å². The molecule has 6 heteroatoms. The number of anilines is 1. The van der Waals surface area contributed by atoms with Crippen LogP contribution in [0.3, 0.4) is 0 Å². The van der Waals surface area contributed by atoms with Crippen LogP contribution >= 0.6 is 11.3 Å². The molecule has 2 heterocycles. The average molecular weight is 282 g/mol. The van der Waals surface area contributed by atoms with Crippen LogP contribution in [0.15, 0.2) is 0 Å². The van der Waals surface area contributed by atoms with E-state index in [1.807, 2.05) is 11.8 Å². The lowest BCUT2D eigenvalue weighted by Gasteiger charge is -2.34. The summed E-state index contributed by atoms with van der Waals surface area (Å²) < 4.78 is 0. The van der Waals surface area contributed by atoms with Gasteiger partial charge in [-0.25, -0.2) is 9.78 Å². The first kappa shape index (κ1) is 14.1. The van der Waals surface area contributed by atoms with Crippen molar-refractivity contribution in [2.75, 3.05) is 37.6 Å². The Morgan fingerprint density at radius 2 is 2.00 bits per heavy atom. The molecule has 2 amide bonds. The van der Waals surface area contributed by atoms with Crippen molar-refractivity contribution in [1.82, 2.24) is 15.2 Å². The zero-order valence-electron chi connectivity index (χ0n) is 11.9. The number of aromatic nitrogens is 1. The number of rotatable bonds is 3. The van der Waals surface area contributed by atoms with Crippen LogP contribution < -0.4 is 10.2 Å². The van der Waals surface area contributed by atoms with Gasteiger partial charge < -0.3 is 15.1 Å². The molecule has 0 unspecified atom stereocenters. The maximum absolute atomic E-state index is 11.8. The van der Waals surface area contributed by atoms with Crippen molar-refractivity contribution in [1.29, 1.82) is 0 Å². The van der Waals surface area contributed by atoms with Gasteiger partial charge in [0.2, 0.25) is 0 Å². The number of hydrogen-bond acceptors (Lipinski definition) is 4. The summed E-state index contributed by atoms with van der Waals surface area (Å²) in [6, 6.07) is 0.0630. The van der Waals surface area contributed by atoms with Gasteiger partial charge in [-0.3, -0.25) is 0 Å². The maximum Gasteiger partial charge on any atom is 0.317 e. The van der Waals surface area contributed by atoms with E-state index in [-0.39, 0.29) is 6.03 Å². The lowest BCUT2D eigenvalue weighted by molar-refractivity contribution is 0.194. The summed E-state index contributed by atoms with van der Waals surface area (Å²) in [7, 11) is 0. The number of piperazine rings is 1. The Balaban J connectivity index is 1.87. The van der Waals surface area contributed by atoms with E-state index in [2.05, 4.69) is 29.0 Å². The van der Waals surface area contributed by atoms with E-state index < -0.39 is 0 Å². The number of carbonyl (C=O) groups is 1. The number of nitrogens with one attached hydrogen (secondary N) is 1. The number of urea groups is 1. The van der Waals surface area contributed by atoms with Crippen LogP contribution in [0.25, 0.3) is 0 Å². The van der Waals surface area contributed by atoms with Crippen LogP contribution in [0, 0.1) is 13.8 Å². The van der Waals surface area contributed by atoms with Crippen molar-refractivity contribution in [3.05, 3.63) is 10.6 Å². The fraction of sp³-hybridized carbons (Fsp3) is 0.692. The predicted molar refractivity (Wildman–Crippen MR) is 79.1 cm³/mol. The Morgan fingerprint density at radius 1 is 1.32 bits per heavy atom. The summed E-state index contributed by atoms with van der Waals surface area (Å²) in [6.07, 6.45) is 0.976. The summed E-state index contributed by atoms with van der Waals surface area (Å²) in [6.45, 7) is 10.2. The van der Waals surface area contributed by atoms with E-state index in [9.17, 15) is 4.79 Å². The largest absolute Gasteiger partial charge is 0.345 e. The van der Waals surface area contributed by atoms with Crippen LogP contribution in [0.1, 0.15) is 23.9 Å². The molecule has 1 aliphatic rings. The van der Waals surface area contributed by atoms with Gasteiger partial charge in [-0.2, -0.15) is 0 Å². The van der Waals surface area contributed by atoms with Crippen LogP contribution in [-0.4, -0.2) is 48.6 Å². The van der Waals surface area contributed by atoms with Gasteiger partial charge in [0.05, 0.1) is 5.69 Å². The van der Waals surface area contributed by atoms with Gasteiger partial charge in [0.1, 0.15) is 0 Å². The fourth-order valence-electron chi connectivity index (χ4n) is 2.04. The Hall–Kier alpha value is -1.30. The molecule has 1 fully saturated rings. The molecule has 0 radical (unpaired) electrons. The molecule has 1 aromatic rings. The van der Waals surface area contributed by atoms with E-state index in [1.165, 1.54) is 4.88 Å². The van der Waals surface area contributed by atoms with Gasteiger partial charge in [-0.15, -0.1) is 11.3 Å². The first-order chi connectivity index (χ1) is 9.11. The second-order valence-corrected chi connectivity index (χ2v) is 6.03. The SMILES string of the molecule is CCCNC(=O)N1CCN(c2nc(C)c(C)s2)CC1. The lowest BCUT2D eigenvalue weighted by atomic mass is 10.3. The highest BCUT2D eigenvalue weighted by molar-refractivity contribution is 7.15. The number of thiazole rings is 1. The number of aryl methyl sites for hydroxylation is 2. The van der Waals surface area contributed by atoms with E-state index in [0.717, 1.165) is 50.0 Å². The average Bonchev–Trinajstić information content (AvgIpc) is 2.76. The van der Waals surface area contributed by atoms with Crippen LogP contribution in [0.4, 0.5) is 9.93 Å². The van der Waals surface area contributed by atoms with Crippen molar-refractivity contribution in [2.24, 2.45) is 0 Å². The monoisotopic (exact) mass is 282 g/mol. The highest BCUT2D eigenvalue weighted by Crippen LogP contribution is 2.25. The molecular weight excluding hydrogens is 260 g/mol. The number of hydrogen-bond donors (Lipinski definition) is 1. The first-order valence-electron chi connectivity index (χ1n) is 6.83. The number of amides is 2. The van der Waals surface area contributed by atoms with Gasteiger partial charge in [-0.05, 0) is 20.3 Å². The van der Waals surface area contributed by atoms with Crippen molar-refractivity contribution < 1.29 is 4.79 Å². The lowest BCUT2D eigenvalue weighted by Crippen LogP contribution is -2.52. The van der Waals surface area contributed by atoms with Crippen molar-refractivity contribution in [2.45, 2.75) is 27.2 Å². The summed E-state index contributed by atoms with van der Waals surface area (Å²) >= 11 is 1.74. The minimum atomic E-state index is 0.0630. The van der Waals surface area contributed by atoms with Crippen LogP contribution in [0.2, 0.25) is 0 Å². The summed E-state index contributed by atoms with van der Waals surface area (Å²) in [5.74, 6) is 0. The molecule has 0 atom stereocenters. The maximum atomic E-state index is 11.8. The Morgan fingerprint density at radius 3 is 2.53 bits per heavy atom. The molecular formula is C13H22N4OS.